The summed E-state index contributed by atoms with van der Waals surface area (Å²) in [5, 5.41) is 4.75. The summed E-state index contributed by atoms with van der Waals surface area (Å²) in [6.45, 7) is 4.24. The van der Waals surface area contributed by atoms with E-state index in [1.165, 1.54) is 36.8 Å². The number of nitrogens with zero attached hydrogens (tertiary/aromatic N) is 3. The molecule has 1 aromatic heterocycles. The summed E-state index contributed by atoms with van der Waals surface area (Å²) < 4.78 is 0. The third-order valence-electron chi connectivity index (χ3n) is 4.51. The van der Waals surface area contributed by atoms with Crippen LogP contribution in [0.2, 0.25) is 0 Å². The van der Waals surface area contributed by atoms with Crippen LogP contribution in [-0.2, 0) is 0 Å². The van der Waals surface area contributed by atoms with Crippen molar-refractivity contribution < 1.29 is 0 Å². The lowest BCUT2D eigenvalue weighted by Crippen LogP contribution is -2.25. The first-order chi connectivity index (χ1) is 11.2. The van der Waals surface area contributed by atoms with E-state index in [2.05, 4.69) is 59.5 Å². The molecule has 2 heterocycles. The average Bonchev–Trinajstić information content (AvgIpc) is 2.83. The molecule has 0 spiro atoms. The van der Waals surface area contributed by atoms with Gasteiger partial charge >= 0.3 is 0 Å². The van der Waals surface area contributed by atoms with Gasteiger partial charge in [-0.3, -0.25) is 0 Å². The minimum absolute atomic E-state index is 0.914. The lowest BCUT2D eigenvalue weighted by atomic mass is 10.1. The van der Waals surface area contributed by atoms with Gasteiger partial charge in [-0.1, -0.05) is 31.0 Å². The molecule has 0 unspecified atom stereocenters. The van der Waals surface area contributed by atoms with Crippen molar-refractivity contribution in [2.24, 2.45) is 0 Å². The second kappa shape index (κ2) is 7.64. The normalized spacial score (nSPS) is 15.9. The van der Waals surface area contributed by atoms with Gasteiger partial charge in [-0.2, -0.15) is 0 Å². The fourth-order valence-electron chi connectivity index (χ4n) is 3.23. The Labute approximate surface area is 139 Å². The number of rotatable bonds is 5. The molecule has 23 heavy (non-hydrogen) atoms. The second-order valence-corrected chi connectivity index (χ2v) is 6.68. The lowest BCUT2D eigenvalue weighted by Gasteiger charge is -2.25. The highest BCUT2D eigenvalue weighted by Crippen LogP contribution is 2.30. The van der Waals surface area contributed by atoms with Crippen LogP contribution < -0.4 is 10.2 Å². The number of para-hydroxylation sites is 1. The van der Waals surface area contributed by atoms with Crippen molar-refractivity contribution in [2.45, 2.75) is 25.7 Å². The molecule has 0 bridgehead atoms. The SMILES string of the molecule is CN(C)CCNc1cc(N2CCCCCC2)c2ccccc2n1. The third kappa shape index (κ3) is 4.14. The van der Waals surface area contributed by atoms with E-state index in [0.29, 0.717) is 0 Å². The van der Waals surface area contributed by atoms with Crippen LogP contribution in [0.4, 0.5) is 11.5 Å². The van der Waals surface area contributed by atoms with E-state index in [0.717, 1.165) is 37.5 Å². The first-order valence-electron chi connectivity index (χ1n) is 8.77. The summed E-state index contributed by atoms with van der Waals surface area (Å²) in [5.41, 5.74) is 2.42. The number of anilines is 2. The highest BCUT2D eigenvalue weighted by molar-refractivity contribution is 5.93. The minimum Gasteiger partial charge on any atom is -0.371 e. The number of likely N-dealkylation sites (N-methyl/N-ethyl adjacent to an activating group) is 1. The number of hydrogen-bond acceptors (Lipinski definition) is 4. The molecule has 0 radical (unpaired) electrons. The Morgan fingerprint density at radius 3 is 2.57 bits per heavy atom. The molecule has 1 aliphatic rings. The molecule has 0 amide bonds. The van der Waals surface area contributed by atoms with Crippen molar-refractivity contribution >= 4 is 22.4 Å². The molecule has 4 nitrogen and oxygen atoms in total. The Balaban J connectivity index is 1.90. The molecule has 1 fully saturated rings. The molecule has 3 rings (SSSR count). The van der Waals surface area contributed by atoms with Crippen LogP contribution in [0.1, 0.15) is 25.7 Å². The Bertz CT molecular complexity index is 630. The van der Waals surface area contributed by atoms with E-state index in [1.54, 1.807) is 0 Å². The molecule has 1 saturated heterocycles. The van der Waals surface area contributed by atoms with Gasteiger partial charge < -0.3 is 15.1 Å². The fraction of sp³-hybridized carbons (Fsp3) is 0.526. The maximum atomic E-state index is 4.79. The van der Waals surface area contributed by atoms with Crippen LogP contribution in [0, 0.1) is 0 Å². The van der Waals surface area contributed by atoms with Crippen molar-refractivity contribution in [1.29, 1.82) is 0 Å². The summed E-state index contributed by atoms with van der Waals surface area (Å²) in [7, 11) is 4.19. The van der Waals surface area contributed by atoms with Gasteiger partial charge in [0.05, 0.1) is 5.52 Å². The Morgan fingerprint density at radius 2 is 1.83 bits per heavy atom. The molecule has 1 aliphatic heterocycles. The first kappa shape index (κ1) is 16.1. The maximum Gasteiger partial charge on any atom is 0.128 e. The summed E-state index contributed by atoms with van der Waals surface area (Å²) in [6, 6.07) is 10.7. The smallest absolute Gasteiger partial charge is 0.128 e. The standard InChI is InChI=1S/C19H28N4/c1-22(2)14-11-20-19-15-18(23-12-7-3-4-8-13-23)16-9-5-6-10-17(16)21-19/h5-6,9-10,15H,3-4,7-8,11-14H2,1-2H3,(H,20,21). The fourth-order valence-corrected chi connectivity index (χ4v) is 3.23. The number of nitrogens with one attached hydrogen (secondary N) is 1. The van der Waals surface area contributed by atoms with Gasteiger partial charge in [-0.15, -0.1) is 0 Å². The van der Waals surface area contributed by atoms with Crippen LogP contribution in [-0.4, -0.2) is 50.2 Å². The Kier molecular flexibility index (Phi) is 5.34. The summed E-state index contributed by atoms with van der Waals surface area (Å²) in [6.07, 6.45) is 5.29. The molecule has 124 valence electrons. The summed E-state index contributed by atoms with van der Waals surface area (Å²) in [4.78, 5) is 9.53. The van der Waals surface area contributed by atoms with Gasteiger partial charge in [0.2, 0.25) is 0 Å². The number of pyridine rings is 1. The van der Waals surface area contributed by atoms with E-state index >= 15 is 0 Å². The van der Waals surface area contributed by atoms with Gasteiger partial charge in [-0.05, 0) is 33.0 Å². The first-order valence-corrected chi connectivity index (χ1v) is 8.77. The molecule has 0 aliphatic carbocycles. The average molecular weight is 312 g/mol. The van der Waals surface area contributed by atoms with E-state index < -0.39 is 0 Å². The zero-order valence-electron chi connectivity index (χ0n) is 14.4. The van der Waals surface area contributed by atoms with Crippen molar-refractivity contribution in [3.63, 3.8) is 0 Å². The van der Waals surface area contributed by atoms with Crippen LogP contribution in [0.5, 0.6) is 0 Å². The molecule has 0 atom stereocenters. The van der Waals surface area contributed by atoms with Crippen LogP contribution >= 0.6 is 0 Å². The predicted octanol–water partition coefficient (Wildman–Crippen LogP) is 3.59. The molecular weight excluding hydrogens is 284 g/mol. The van der Waals surface area contributed by atoms with Gasteiger partial charge in [0.15, 0.2) is 0 Å². The monoisotopic (exact) mass is 312 g/mol. The van der Waals surface area contributed by atoms with Crippen LogP contribution in [0.15, 0.2) is 30.3 Å². The van der Waals surface area contributed by atoms with E-state index in [-0.39, 0.29) is 0 Å². The van der Waals surface area contributed by atoms with E-state index in [9.17, 15) is 0 Å². The minimum atomic E-state index is 0.914. The molecule has 1 aromatic carbocycles. The largest absolute Gasteiger partial charge is 0.371 e. The molecule has 4 heteroatoms. The predicted molar refractivity (Wildman–Crippen MR) is 99.5 cm³/mol. The zero-order chi connectivity index (χ0) is 16.1. The van der Waals surface area contributed by atoms with Gasteiger partial charge in [0.25, 0.3) is 0 Å². The van der Waals surface area contributed by atoms with E-state index in [1.807, 2.05) is 0 Å². The number of fused-ring (bicyclic) bond motifs is 1. The topological polar surface area (TPSA) is 31.4 Å². The molecule has 0 saturated carbocycles. The van der Waals surface area contributed by atoms with Crippen LogP contribution in [0.3, 0.4) is 0 Å². The zero-order valence-corrected chi connectivity index (χ0v) is 14.4. The Hall–Kier alpha value is -1.81. The third-order valence-corrected chi connectivity index (χ3v) is 4.51. The molecule has 2 aromatic rings. The highest BCUT2D eigenvalue weighted by Gasteiger charge is 2.14. The van der Waals surface area contributed by atoms with Crippen molar-refractivity contribution in [3.05, 3.63) is 30.3 Å². The lowest BCUT2D eigenvalue weighted by molar-refractivity contribution is 0.425. The van der Waals surface area contributed by atoms with Crippen molar-refractivity contribution in [3.8, 4) is 0 Å². The number of benzene rings is 1. The Morgan fingerprint density at radius 1 is 1.09 bits per heavy atom. The number of aromatic nitrogens is 1. The molecule has 1 N–H and O–H groups in total. The highest BCUT2D eigenvalue weighted by atomic mass is 15.1. The van der Waals surface area contributed by atoms with Gasteiger partial charge in [-0.25, -0.2) is 4.98 Å². The summed E-state index contributed by atoms with van der Waals surface area (Å²) in [5.74, 6) is 0.991. The quantitative estimate of drug-likeness (QED) is 0.914. The van der Waals surface area contributed by atoms with Crippen molar-refractivity contribution in [2.75, 3.05) is 50.5 Å². The van der Waals surface area contributed by atoms with Gasteiger partial charge in [0, 0.05) is 43.3 Å². The second-order valence-electron chi connectivity index (χ2n) is 6.68. The molecular formula is C19H28N4. The summed E-state index contributed by atoms with van der Waals surface area (Å²) >= 11 is 0. The van der Waals surface area contributed by atoms with E-state index in [4.69, 9.17) is 4.98 Å². The van der Waals surface area contributed by atoms with Crippen molar-refractivity contribution in [1.82, 2.24) is 9.88 Å². The number of hydrogen-bond donors (Lipinski definition) is 1. The van der Waals surface area contributed by atoms with Gasteiger partial charge in [0.1, 0.15) is 5.82 Å². The van der Waals surface area contributed by atoms with Crippen LogP contribution in [0.25, 0.3) is 10.9 Å². The maximum absolute atomic E-state index is 4.79.